The highest BCUT2D eigenvalue weighted by Gasteiger charge is 2.38. The van der Waals surface area contributed by atoms with Crippen molar-refractivity contribution in [2.45, 2.75) is 45.1 Å². The number of halogens is 1. The van der Waals surface area contributed by atoms with Gasteiger partial charge in [-0.1, -0.05) is 12.5 Å². The topological polar surface area (TPSA) is 32.3 Å². The smallest absolute Gasteiger partial charge is 0.256 e. The molecular formula is C17H23FN2O. The fourth-order valence-corrected chi connectivity index (χ4v) is 3.92. The Hall–Kier alpha value is -1.58. The number of nitrogens with zero attached hydrogens (tertiary/aromatic N) is 1. The van der Waals surface area contributed by atoms with Gasteiger partial charge in [-0.2, -0.15) is 0 Å². The van der Waals surface area contributed by atoms with E-state index in [-0.39, 0.29) is 11.7 Å². The standard InChI is InChI=1S/C17H23FN2O/c1-2-19-16-13(8-4-9-14(16)18)17(21)20-11-5-7-12-6-3-10-15(12)20/h4,8-9,12,15,19H,2-3,5-7,10-11H2,1H3. The van der Waals surface area contributed by atoms with Gasteiger partial charge in [-0.05, 0) is 50.7 Å². The Labute approximate surface area is 125 Å². The SMILES string of the molecule is CCNc1c(F)cccc1C(=O)N1CCCC2CCCC21. The lowest BCUT2D eigenvalue weighted by atomic mass is 9.91. The molecule has 114 valence electrons. The molecule has 1 aromatic rings. The molecular weight excluding hydrogens is 267 g/mol. The second kappa shape index (κ2) is 6.04. The number of hydrogen-bond acceptors (Lipinski definition) is 2. The number of hydrogen-bond donors (Lipinski definition) is 1. The summed E-state index contributed by atoms with van der Waals surface area (Å²) < 4.78 is 14.0. The van der Waals surface area contributed by atoms with Crippen molar-refractivity contribution in [2.24, 2.45) is 5.92 Å². The number of anilines is 1. The molecule has 4 heteroatoms. The quantitative estimate of drug-likeness (QED) is 0.921. The maximum atomic E-state index is 14.0. The molecule has 0 radical (unpaired) electrons. The summed E-state index contributed by atoms with van der Waals surface area (Å²) in [5.41, 5.74) is 0.828. The molecule has 1 amide bonds. The van der Waals surface area contributed by atoms with Crippen LogP contribution in [0.2, 0.25) is 0 Å². The second-order valence-corrected chi connectivity index (χ2v) is 6.09. The number of para-hydroxylation sites is 1. The molecule has 2 atom stereocenters. The van der Waals surface area contributed by atoms with E-state index in [9.17, 15) is 9.18 Å². The molecule has 2 fully saturated rings. The minimum Gasteiger partial charge on any atom is -0.382 e. The highest BCUT2D eigenvalue weighted by molar-refractivity contribution is 6.00. The van der Waals surface area contributed by atoms with Gasteiger partial charge in [-0.25, -0.2) is 4.39 Å². The maximum absolute atomic E-state index is 14.0. The van der Waals surface area contributed by atoms with Gasteiger partial charge >= 0.3 is 0 Å². The van der Waals surface area contributed by atoms with Crippen LogP contribution < -0.4 is 5.32 Å². The van der Waals surface area contributed by atoms with Crippen LogP contribution in [0.25, 0.3) is 0 Å². The largest absolute Gasteiger partial charge is 0.382 e. The summed E-state index contributed by atoms with van der Waals surface area (Å²) in [5, 5.41) is 3.00. The van der Waals surface area contributed by atoms with Crippen LogP contribution in [0.5, 0.6) is 0 Å². The van der Waals surface area contributed by atoms with Gasteiger partial charge in [0, 0.05) is 19.1 Å². The summed E-state index contributed by atoms with van der Waals surface area (Å²) in [5.74, 6) is 0.295. The normalized spacial score (nSPS) is 24.8. The lowest BCUT2D eigenvalue weighted by Gasteiger charge is -2.38. The van der Waals surface area contributed by atoms with Crippen LogP contribution in [0.4, 0.5) is 10.1 Å². The van der Waals surface area contributed by atoms with Gasteiger partial charge in [-0.3, -0.25) is 4.79 Å². The van der Waals surface area contributed by atoms with Crippen molar-refractivity contribution in [3.63, 3.8) is 0 Å². The molecule has 2 unspecified atom stereocenters. The molecule has 1 saturated heterocycles. The number of likely N-dealkylation sites (tertiary alicyclic amines) is 1. The summed E-state index contributed by atoms with van der Waals surface area (Å²) in [7, 11) is 0. The van der Waals surface area contributed by atoms with Crippen molar-refractivity contribution in [2.75, 3.05) is 18.4 Å². The zero-order valence-corrected chi connectivity index (χ0v) is 12.6. The minimum absolute atomic E-state index is 0.0120. The first-order valence-corrected chi connectivity index (χ1v) is 8.05. The molecule has 3 rings (SSSR count). The Morgan fingerprint density at radius 2 is 2.14 bits per heavy atom. The molecule has 1 aromatic carbocycles. The molecule has 0 aromatic heterocycles. The highest BCUT2D eigenvalue weighted by atomic mass is 19.1. The summed E-state index contributed by atoms with van der Waals surface area (Å²) >= 11 is 0. The van der Waals surface area contributed by atoms with Crippen LogP contribution in [0.15, 0.2) is 18.2 Å². The first-order chi connectivity index (χ1) is 10.2. The molecule has 1 heterocycles. The lowest BCUT2D eigenvalue weighted by molar-refractivity contribution is 0.0549. The van der Waals surface area contributed by atoms with E-state index in [1.54, 1.807) is 12.1 Å². The Morgan fingerprint density at radius 3 is 2.95 bits per heavy atom. The molecule has 21 heavy (non-hydrogen) atoms. The third kappa shape index (κ3) is 2.63. The third-order valence-electron chi connectivity index (χ3n) is 4.85. The predicted octanol–water partition coefficient (Wildman–Crippen LogP) is 3.66. The third-order valence-corrected chi connectivity index (χ3v) is 4.85. The number of benzene rings is 1. The molecule has 1 saturated carbocycles. The van der Waals surface area contributed by atoms with E-state index in [0.717, 1.165) is 19.4 Å². The summed E-state index contributed by atoms with van der Waals surface area (Å²) in [6.45, 7) is 3.32. The minimum atomic E-state index is -0.345. The van der Waals surface area contributed by atoms with E-state index in [0.29, 0.717) is 29.8 Å². The van der Waals surface area contributed by atoms with Gasteiger partial charge in [0.25, 0.3) is 5.91 Å². The number of nitrogens with one attached hydrogen (secondary N) is 1. The van der Waals surface area contributed by atoms with Crippen molar-refractivity contribution in [1.29, 1.82) is 0 Å². The van der Waals surface area contributed by atoms with Crippen molar-refractivity contribution in [3.8, 4) is 0 Å². The van der Waals surface area contributed by atoms with Crippen molar-refractivity contribution >= 4 is 11.6 Å². The molecule has 1 aliphatic heterocycles. The van der Waals surface area contributed by atoms with Gasteiger partial charge in [0.2, 0.25) is 0 Å². The zero-order valence-electron chi connectivity index (χ0n) is 12.6. The fraction of sp³-hybridized carbons (Fsp3) is 0.588. The number of carbonyl (C=O) groups is 1. The van der Waals surface area contributed by atoms with E-state index in [1.807, 2.05) is 11.8 Å². The van der Waals surface area contributed by atoms with E-state index in [4.69, 9.17) is 0 Å². The van der Waals surface area contributed by atoms with E-state index in [1.165, 1.54) is 25.3 Å². The lowest BCUT2D eigenvalue weighted by Crippen LogP contribution is -2.46. The highest BCUT2D eigenvalue weighted by Crippen LogP contribution is 2.38. The van der Waals surface area contributed by atoms with Gasteiger partial charge in [0.05, 0.1) is 11.3 Å². The number of rotatable bonds is 3. The van der Waals surface area contributed by atoms with E-state index in [2.05, 4.69) is 5.32 Å². The van der Waals surface area contributed by atoms with Gasteiger partial charge in [0.1, 0.15) is 5.82 Å². The fourth-order valence-electron chi connectivity index (χ4n) is 3.92. The van der Waals surface area contributed by atoms with Crippen LogP contribution in [0.3, 0.4) is 0 Å². The van der Waals surface area contributed by atoms with E-state index < -0.39 is 0 Å². The maximum Gasteiger partial charge on any atom is 0.256 e. The van der Waals surface area contributed by atoms with Gasteiger partial charge < -0.3 is 10.2 Å². The number of fused-ring (bicyclic) bond motifs is 1. The monoisotopic (exact) mass is 290 g/mol. The van der Waals surface area contributed by atoms with Gasteiger partial charge in [0.15, 0.2) is 0 Å². The Morgan fingerprint density at radius 1 is 1.33 bits per heavy atom. The van der Waals surface area contributed by atoms with Crippen molar-refractivity contribution in [1.82, 2.24) is 4.90 Å². The van der Waals surface area contributed by atoms with Crippen LogP contribution in [-0.4, -0.2) is 29.9 Å². The molecule has 1 N–H and O–H groups in total. The first kappa shape index (κ1) is 14.4. The number of amides is 1. The van der Waals surface area contributed by atoms with Crippen LogP contribution >= 0.6 is 0 Å². The van der Waals surface area contributed by atoms with Gasteiger partial charge in [-0.15, -0.1) is 0 Å². The Kier molecular flexibility index (Phi) is 4.13. The Balaban J connectivity index is 1.89. The Bertz CT molecular complexity index is 532. The molecule has 0 spiro atoms. The summed E-state index contributed by atoms with van der Waals surface area (Å²) in [6, 6.07) is 5.13. The average molecular weight is 290 g/mol. The van der Waals surface area contributed by atoms with Crippen molar-refractivity contribution in [3.05, 3.63) is 29.6 Å². The number of piperidine rings is 1. The average Bonchev–Trinajstić information content (AvgIpc) is 2.97. The predicted molar refractivity (Wildman–Crippen MR) is 82.0 cm³/mol. The summed E-state index contributed by atoms with van der Waals surface area (Å²) in [6.07, 6.45) is 5.85. The first-order valence-electron chi connectivity index (χ1n) is 8.05. The molecule has 2 aliphatic rings. The van der Waals surface area contributed by atoms with Crippen LogP contribution in [0.1, 0.15) is 49.4 Å². The summed E-state index contributed by atoms with van der Waals surface area (Å²) in [4.78, 5) is 14.9. The molecule has 0 bridgehead atoms. The molecule has 3 nitrogen and oxygen atoms in total. The number of carbonyl (C=O) groups excluding carboxylic acids is 1. The van der Waals surface area contributed by atoms with E-state index >= 15 is 0 Å². The molecule has 1 aliphatic carbocycles. The zero-order chi connectivity index (χ0) is 14.8. The van der Waals surface area contributed by atoms with Crippen LogP contribution in [-0.2, 0) is 0 Å². The van der Waals surface area contributed by atoms with Crippen molar-refractivity contribution < 1.29 is 9.18 Å². The second-order valence-electron chi connectivity index (χ2n) is 6.09. The van der Waals surface area contributed by atoms with Crippen LogP contribution in [0, 0.1) is 11.7 Å².